The van der Waals surface area contributed by atoms with Crippen LogP contribution in [0.5, 0.6) is 0 Å². The molecule has 120 valence electrons. The number of hydrogen-bond acceptors (Lipinski definition) is 7. The first-order chi connectivity index (χ1) is 10.6. The molecule has 2 rings (SSSR count). The maximum atomic E-state index is 11.9. The summed E-state index contributed by atoms with van der Waals surface area (Å²) in [4.78, 5) is 24.3. The van der Waals surface area contributed by atoms with E-state index in [2.05, 4.69) is 0 Å². The van der Waals surface area contributed by atoms with Crippen LogP contribution < -0.4 is 4.90 Å². The molecule has 1 fully saturated rings. The summed E-state index contributed by atoms with van der Waals surface area (Å²) in [6.07, 6.45) is -0.150. The molecule has 1 atom stereocenters. The number of nitro benzene ring substituents is 1. The van der Waals surface area contributed by atoms with Crippen LogP contribution in [0.1, 0.15) is 10.4 Å². The van der Waals surface area contributed by atoms with Gasteiger partial charge in [-0.05, 0) is 6.07 Å². The highest BCUT2D eigenvalue weighted by atomic mass is 16.6. The SMILES string of the molecule is COC[C@@H]1CN(c2cc([N+](=O)[O-])ccc2C(=O)OC)CCO1. The van der Waals surface area contributed by atoms with Crippen molar-refractivity contribution in [3.63, 3.8) is 0 Å². The number of carbonyl (C=O) groups excluding carboxylic acids is 1. The molecule has 1 heterocycles. The summed E-state index contributed by atoms with van der Waals surface area (Å²) in [5, 5.41) is 11.0. The Labute approximate surface area is 127 Å². The lowest BCUT2D eigenvalue weighted by Crippen LogP contribution is -2.45. The Kier molecular flexibility index (Phi) is 5.29. The molecule has 0 N–H and O–H groups in total. The second-order valence-electron chi connectivity index (χ2n) is 4.84. The summed E-state index contributed by atoms with van der Waals surface area (Å²) in [5.41, 5.74) is 0.703. The van der Waals surface area contributed by atoms with E-state index in [0.717, 1.165) is 0 Å². The van der Waals surface area contributed by atoms with Gasteiger partial charge in [0.1, 0.15) is 0 Å². The zero-order chi connectivity index (χ0) is 16.1. The molecule has 0 unspecified atom stereocenters. The summed E-state index contributed by atoms with van der Waals surface area (Å²) < 4.78 is 15.4. The molecule has 0 aliphatic carbocycles. The van der Waals surface area contributed by atoms with Crippen molar-refractivity contribution in [2.45, 2.75) is 6.10 Å². The first-order valence-electron chi connectivity index (χ1n) is 6.79. The Bertz CT molecular complexity index is 560. The van der Waals surface area contributed by atoms with Gasteiger partial charge < -0.3 is 19.1 Å². The molecule has 0 bridgehead atoms. The highest BCUT2D eigenvalue weighted by molar-refractivity contribution is 5.96. The monoisotopic (exact) mass is 310 g/mol. The van der Waals surface area contributed by atoms with Crippen molar-refractivity contribution in [3.8, 4) is 0 Å². The fraction of sp³-hybridized carbons (Fsp3) is 0.500. The van der Waals surface area contributed by atoms with Crippen LogP contribution in [0.15, 0.2) is 18.2 Å². The van der Waals surface area contributed by atoms with Crippen molar-refractivity contribution < 1.29 is 23.9 Å². The molecule has 0 aromatic heterocycles. The van der Waals surface area contributed by atoms with Crippen molar-refractivity contribution in [1.29, 1.82) is 0 Å². The predicted octanol–water partition coefficient (Wildman–Crippen LogP) is 1.23. The van der Waals surface area contributed by atoms with Crippen molar-refractivity contribution in [3.05, 3.63) is 33.9 Å². The highest BCUT2D eigenvalue weighted by Crippen LogP contribution is 2.28. The number of methoxy groups -OCH3 is 2. The number of hydrogen-bond donors (Lipinski definition) is 0. The standard InChI is InChI=1S/C14H18N2O6/c1-20-9-11-8-15(5-6-22-11)13-7-10(16(18)19)3-4-12(13)14(17)21-2/h3-4,7,11H,5-6,8-9H2,1-2H3/t11-/m0/s1. The number of anilines is 1. The first-order valence-corrected chi connectivity index (χ1v) is 6.79. The van der Waals surface area contributed by atoms with Gasteiger partial charge in [0.05, 0.1) is 42.6 Å². The average Bonchev–Trinajstić information content (AvgIpc) is 2.54. The minimum atomic E-state index is -0.528. The van der Waals surface area contributed by atoms with Gasteiger partial charge in [-0.15, -0.1) is 0 Å². The summed E-state index contributed by atoms with van der Waals surface area (Å²) in [6, 6.07) is 4.10. The molecule has 1 saturated heterocycles. The normalized spacial score (nSPS) is 18.1. The van der Waals surface area contributed by atoms with Crippen LogP contribution in [-0.4, -0.2) is 57.5 Å². The largest absolute Gasteiger partial charge is 0.465 e. The third-order valence-electron chi connectivity index (χ3n) is 3.43. The molecule has 1 aliphatic rings. The molecule has 0 saturated carbocycles. The maximum Gasteiger partial charge on any atom is 0.339 e. The van der Waals surface area contributed by atoms with Gasteiger partial charge in [-0.25, -0.2) is 4.79 Å². The van der Waals surface area contributed by atoms with Crippen molar-refractivity contribution in [2.75, 3.05) is 45.4 Å². The van der Waals surface area contributed by atoms with Crippen LogP contribution in [-0.2, 0) is 14.2 Å². The van der Waals surface area contributed by atoms with Gasteiger partial charge >= 0.3 is 5.97 Å². The number of esters is 1. The molecule has 8 heteroatoms. The molecule has 0 amide bonds. The molecule has 8 nitrogen and oxygen atoms in total. The van der Waals surface area contributed by atoms with Crippen LogP contribution in [0.2, 0.25) is 0 Å². The lowest BCUT2D eigenvalue weighted by Gasteiger charge is -2.34. The van der Waals surface area contributed by atoms with Crippen LogP contribution in [0.3, 0.4) is 0 Å². The van der Waals surface area contributed by atoms with E-state index in [9.17, 15) is 14.9 Å². The van der Waals surface area contributed by atoms with Crippen molar-refractivity contribution in [2.24, 2.45) is 0 Å². The quantitative estimate of drug-likeness (QED) is 0.459. The van der Waals surface area contributed by atoms with Crippen molar-refractivity contribution >= 4 is 17.3 Å². The van der Waals surface area contributed by atoms with E-state index >= 15 is 0 Å². The van der Waals surface area contributed by atoms with Gasteiger partial charge in [-0.3, -0.25) is 10.1 Å². The minimum Gasteiger partial charge on any atom is -0.465 e. The molecule has 0 spiro atoms. The van der Waals surface area contributed by atoms with Gasteiger partial charge in [-0.2, -0.15) is 0 Å². The highest BCUT2D eigenvalue weighted by Gasteiger charge is 2.26. The zero-order valence-electron chi connectivity index (χ0n) is 12.5. The summed E-state index contributed by atoms with van der Waals surface area (Å²) in [7, 11) is 2.86. The van der Waals surface area contributed by atoms with Crippen LogP contribution >= 0.6 is 0 Å². The Morgan fingerprint density at radius 1 is 1.50 bits per heavy atom. The average molecular weight is 310 g/mol. The Balaban J connectivity index is 2.35. The van der Waals surface area contributed by atoms with E-state index in [4.69, 9.17) is 14.2 Å². The Hall–Kier alpha value is -2.19. The number of carbonyl (C=O) groups is 1. The first kappa shape index (κ1) is 16.2. The van der Waals surface area contributed by atoms with Gasteiger partial charge in [-0.1, -0.05) is 0 Å². The lowest BCUT2D eigenvalue weighted by molar-refractivity contribution is -0.384. The molecule has 1 aromatic rings. The van der Waals surface area contributed by atoms with E-state index < -0.39 is 10.9 Å². The summed E-state index contributed by atoms with van der Waals surface area (Å²) >= 11 is 0. The Morgan fingerprint density at radius 3 is 2.91 bits per heavy atom. The number of benzene rings is 1. The Morgan fingerprint density at radius 2 is 2.27 bits per heavy atom. The van der Waals surface area contributed by atoms with E-state index in [-0.39, 0.29) is 11.8 Å². The third-order valence-corrected chi connectivity index (χ3v) is 3.43. The number of ether oxygens (including phenoxy) is 3. The molecular formula is C14H18N2O6. The van der Waals surface area contributed by atoms with Gasteiger partial charge in [0.25, 0.3) is 5.69 Å². The number of nitrogens with zero attached hydrogens (tertiary/aromatic N) is 2. The number of morpholine rings is 1. The topological polar surface area (TPSA) is 91.1 Å². The predicted molar refractivity (Wildman–Crippen MR) is 78.3 cm³/mol. The second kappa shape index (κ2) is 7.19. The lowest BCUT2D eigenvalue weighted by atomic mass is 10.1. The van der Waals surface area contributed by atoms with Crippen molar-refractivity contribution in [1.82, 2.24) is 0 Å². The third kappa shape index (κ3) is 3.52. The fourth-order valence-electron chi connectivity index (χ4n) is 2.40. The number of rotatable bonds is 5. The molecular weight excluding hydrogens is 292 g/mol. The zero-order valence-corrected chi connectivity index (χ0v) is 12.5. The molecule has 22 heavy (non-hydrogen) atoms. The minimum absolute atomic E-state index is 0.0718. The molecule has 0 radical (unpaired) electrons. The van der Waals surface area contributed by atoms with Gasteiger partial charge in [0, 0.05) is 32.3 Å². The summed E-state index contributed by atoms with van der Waals surface area (Å²) in [5.74, 6) is -0.528. The number of non-ortho nitro benzene ring substituents is 1. The second-order valence-corrected chi connectivity index (χ2v) is 4.84. The van der Waals surface area contributed by atoms with Crippen LogP contribution in [0.25, 0.3) is 0 Å². The van der Waals surface area contributed by atoms with E-state index in [1.165, 1.54) is 25.3 Å². The van der Waals surface area contributed by atoms with Gasteiger partial charge in [0.2, 0.25) is 0 Å². The van der Waals surface area contributed by atoms with E-state index in [1.807, 2.05) is 4.90 Å². The number of nitro groups is 1. The van der Waals surface area contributed by atoms with E-state index in [0.29, 0.717) is 37.6 Å². The van der Waals surface area contributed by atoms with Crippen LogP contribution in [0.4, 0.5) is 11.4 Å². The van der Waals surface area contributed by atoms with Crippen LogP contribution in [0, 0.1) is 10.1 Å². The fourth-order valence-corrected chi connectivity index (χ4v) is 2.40. The summed E-state index contributed by atoms with van der Waals surface area (Å²) in [6.45, 7) is 1.89. The van der Waals surface area contributed by atoms with Gasteiger partial charge in [0.15, 0.2) is 0 Å². The molecule has 1 aliphatic heterocycles. The van der Waals surface area contributed by atoms with E-state index in [1.54, 1.807) is 7.11 Å². The smallest absolute Gasteiger partial charge is 0.339 e. The molecule has 1 aromatic carbocycles. The maximum absolute atomic E-state index is 11.9.